The lowest BCUT2D eigenvalue weighted by Gasteiger charge is -2.27. The van der Waals surface area contributed by atoms with Crippen molar-refractivity contribution in [3.63, 3.8) is 0 Å². The van der Waals surface area contributed by atoms with Gasteiger partial charge in [0.2, 0.25) is 0 Å². The van der Waals surface area contributed by atoms with Crippen LogP contribution in [0.5, 0.6) is 0 Å². The minimum atomic E-state index is -0.527. The molecule has 2 rings (SSSR count). The van der Waals surface area contributed by atoms with E-state index in [1.165, 1.54) is 36.8 Å². The van der Waals surface area contributed by atoms with Gasteiger partial charge in [-0.25, -0.2) is 8.78 Å². The number of rotatable bonds is 6. The Balaban J connectivity index is 0.00000312. The van der Waals surface area contributed by atoms with E-state index >= 15 is 0 Å². The predicted octanol–water partition coefficient (Wildman–Crippen LogP) is 3.25. The Kier molecular flexibility index (Phi) is 10.0. The first-order valence-electron chi connectivity index (χ1n) is 8.19. The molecular formula is C17H27F2IN4S. The van der Waals surface area contributed by atoms with Crippen molar-refractivity contribution in [2.24, 2.45) is 4.99 Å². The van der Waals surface area contributed by atoms with Crippen molar-refractivity contribution in [1.29, 1.82) is 0 Å². The molecule has 0 spiro atoms. The predicted molar refractivity (Wildman–Crippen MR) is 113 cm³/mol. The summed E-state index contributed by atoms with van der Waals surface area (Å²) in [5.41, 5.74) is 0.0804. The van der Waals surface area contributed by atoms with E-state index in [1.54, 1.807) is 11.9 Å². The van der Waals surface area contributed by atoms with Gasteiger partial charge in [-0.2, -0.15) is 11.8 Å². The number of hydrogen-bond donors (Lipinski definition) is 2. The van der Waals surface area contributed by atoms with E-state index in [4.69, 9.17) is 0 Å². The van der Waals surface area contributed by atoms with E-state index < -0.39 is 17.7 Å². The maximum Gasteiger partial charge on any atom is 0.191 e. The van der Waals surface area contributed by atoms with Crippen LogP contribution in [0.2, 0.25) is 0 Å². The van der Waals surface area contributed by atoms with Crippen LogP contribution < -0.4 is 10.6 Å². The van der Waals surface area contributed by atoms with E-state index in [1.807, 2.05) is 25.9 Å². The number of nitrogens with one attached hydrogen (secondary N) is 2. The molecule has 0 bridgehead atoms. The van der Waals surface area contributed by atoms with E-state index in [2.05, 4.69) is 15.6 Å². The summed E-state index contributed by atoms with van der Waals surface area (Å²) >= 11 is 1.97. The highest BCUT2D eigenvalue weighted by Crippen LogP contribution is 2.25. The molecule has 0 aliphatic carbocycles. The van der Waals surface area contributed by atoms with Crippen molar-refractivity contribution in [3.05, 3.63) is 35.4 Å². The molecule has 2 unspecified atom stereocenters. The number of guanidine groups is 1. The largest absolute Gasteiger partial charge is 0.355 e. The summed E-state index contributed by atoms with van der Waals surface area (Å²) in [6, 6.07) is 3.54. The van der Waals surface area contributed by atoms with E-state index in [0.29, 0.717) is 17.8 Å². The molecule has 8 heteroatoms. The quantitative estimate of drug-likeness (QED) is 0.370. The van der Waals surface area contributed by atoms with Crippen LogP contribution in [0.15, 0.2) is 23.2 Å². The lowest BCUT2D eigenvalue weighted by molar-refractivity contribution is 0.282. The first kappa shape index (κ1) is 22.4. The first-order chi connectivity index (χ1) is 11.5. The first-order valence-corrected chi connectivity index (χ1v) is 9.24. The SMILES string of the molecule is CN=C(NCC1CCCS1)NCC(c1c(F)cccc1F)N(C)C.I. The van der Waals surface area contributed by atoms with Crippen molar-refractivity contribution in [3.8, 4) is 0 Å². The Morgan fingerprint density at radius 2 is 2.00 bits per heavy atom. The Labute approximate surface area is 170 Å². The Hall–Kier alpha value is -0.610. The van der Waals surface area contributed by atoms with E-state index in [0.717, 1.165) is 6.54 Å². The van der Waals surface area contributed by atoms with Gasteiger partial charge in [-0.15, -0.1) is 24.0 Å². The molecule has 1 heterocycles. The molecule has 142 valence electrons. The molecule has 25 heavy (non-hydrogen) atoms. The van der Waals surface area contributed by atoms with E-state index in [-0.39, 0.29) is 29.5 Å². The summed E-state index contributed by atoms with van der Waals surface area (Å²) in [6.07, 6.45) is 2.48. The highest BCUT2D eigenvalue weighted by molar-refractivity contribution is 14.0. The zero-order valence-electron chi connectivity index (χ0n) is 14.9. The number of thioether (sulfide) groups is 1. The minimum absolute atomic E-state index is 0. The molecule has 1 aliphatic heterocycles. The molecule has 1 fully saturated rings. The molecular weight excluding hydrogens is 457 g/mol. The second-order valence-corrected chi connectivity index (χ2v) is 7.49. The fraction of sp³-hybridized carbons (Fsp3) is 0.588. The van der Waals surface area contributed by atoms with Crippen LogP contribution in [0.25, 0.3) is 0 Å². The number of hydrogen-bond acceptors (Lipinski definition) is 3. The van der Waals surface area contributed by atoms with Crippen LogP contribution in [0, 0.1) is 11.6 Å². The van der Waals surface area contributed by atoms with Crippen molar-refractivity contribution in [2.45, 2.75) is 24.1 Å². The van der Waals surface area contributed by atoms with Crippen LogP contribution in [-0.4, -0.2) is 56.1 Å². The van der Waals surface area contributed by atoms with Gasteiger partial charge >= 0.3 is 0 Å². The molecule has 1 aromatic carbocycles. The standard InChI is InChI=1S/C17H26F2N4S.HI/c1-20-17(21-10-12-6-5-9-24-12)22-11-15(23(2)3)16-13(18)7-4-8-14(16)19;/h4,7-8,12,15H,5-6,9-11H2,1-3H3,(H2,20,21,22);1H. The lowest BCUT2D eigenvalue weighted by atomic mass is 10.0. The summed E-state index contributed by atoms with van der Waals surface area (Å²) in [4.78, 5) is 6.00. The van der Waals surface area contributed by atoms with Crippen LogP contribution in [0.3, 0.4) is 0 Å². The van der Waals surface area contributed by atoms with Gasteiger partial charge in [-0.05, 0) is 44.8 Å². The second kappa shape index (κ2) is 11.2. The molecule has 0 saturated carbocycles. The van der Waals surface area contributed by atoms with E-state index in [9.17, 15) is 8.78 Å². The zero-order chi connectivity index (χ0) is 17.5. The second-order valence-electron chi connectivity index (χ2n) is 6.08. The third-order valence-corrected chi connectivity index (χ3v) is 5.56. The van der Waals surface area contributed by atoms with Gasteiger partial charge in [0, 0.05) is 31.0 Å². The maximum atomic E-state index is 14.1. The number of benzene rings is 1. The number of nitrogens with zero attached hydrogens (tertiary/aromatic N) is 2. The molecule has 0 amide bonds. The Morgan fingerprint density at radius 3 is 2.52 bits per heavy atom. The van der Waals surface area contributed by atoms with Gasteiger partial charge in [-0.3, -0.25) is 4.99 Å². The number of aliphatic imine (C=N–C) groups is 1. The maximum absolute atomic E-state index is 14.1. The average molecular weight is 484 g/mol. The molecule has 2 atom stereocenters. The third kappa shape index (κ3) is 6.56. The van der Waals surface area contributed by atoms with Gasteiger partial charge in [-0.1, -0.05) is 6.07 Å². The highest BCUT2D eigenvalue weighted by atomic mass is 127. The van der Waals surface area contributed by atoms with Gasteiger partial charge < -0.3 is 15.5 Å². The molecule has 1 aliphatic rings. The summed E-state index contributed by atoms with van der Waals surface area (Å²) in [6.45, 7) is 1.22. The van der Waals surface area contributed by atoms with Crippen LogP contribution in [0.1, 0.15) is 24.4 Å². The van der Waals surface area contributed by atoms with Gasteiger partial charge in [0.15, 0.2) is 5.96 Å². The molecule has 0 aromatic heterocycles. The van der Waals surface area contributed by atoms with Crippen LogP contribution >= 0.6 is 35.7 Å². The van der Waals surface area contributed by atoms with Gasteiger partial charge in [0.25, 0.3) is 0 Å². The third-order valence-electron chi connectivity index (χ3n) is 4.16. The molecule has 0 radical (unpaired) electrons. The summed E-state index contributed by atoms with van der Waals surface area (Å²) in [5, 5.41) is 7.09. The average Bonchev–Trinajstić information content (AvgIpc) is 3.05. The zero-order valence-corrected chi connectivity index (χ0v) is 18.0. The lowest BCUT2D eigenvalue weighted by Crippen LogP contribution is -2.43. The molecule has 1 aromatic rings. The number of halogens is 3. The molecule has 4 nitrogen and oxygen atoms in total. The fourth-order valence-corrected chi connectivity index (χ4v) is 4.00. The Morgan fingerprint density at radius 1 is 1.32 bits per heavy atom. The topological polar surface area (TPSA) is 39.7 Å². The van der Waals surface area contributed by atoms with Crippen molar-refractivity contribution in [1.82, 2.24) is 15.5 Å². The molecule has 1 saturated heterocycles. The van der Waals surface area contributed by atoms with Crippen LogP contribution in [-0.2, 0) is 0 Å². The number of likely N-dealkylation sites (N-methyl/N-ethyl adjacent to an activating group) is 1. The molecule has 2 N–H and O–H groups in total. The highest BCUT2D eigenvalue weighted by Gasteiger charge is 2.22. The van der Waals surface area contributed by atoms with Crippen molar-refractivity contribution in [2.75, 3.05) is 40.0 Å². The summed E-state index contributed by atoms with van der Waals surface area (Å²) in [7, 11) is 5.32. The monoisotopic (exact) mass is 484 g/mol. The smallest absolute Gasteiger partial charge is 0.191 e. The Bertz CT molecular complexity index is 545. The van der Waals surface area contributed by atoms with Crippen molar-refractivity contribution >= 4 is 41.7 Å². The van der Waals surface area contributed by atoms with Crippen LogP contribution in [0.4, 0.5) is 8.78 Å². The van der Waals surface area contributed by atoms with Gasteiger partial charge in [0.1, 0.15) is 11.6 Å². The fourth-order valence-electron chi connectivity index (χ4n) is 2.80. The summed E-state index contributed by atoms with van der Waals surface area (Å²) < 4.78 is 28.2. The van der Waals surface area contributed by atoms with Gasteiger partial charge in [0.05, 0.1) is 6.04 Å². The van der Waals surface area contributed by atoms with Crippen molar-refractivity contribution < 1.29 is 8.78 Å². The normalized spacial score (nSPS) is 18.8. The minimum Gasteiger partial charge on any atom is -0.355 e. The summed E-state index contributed by atoms with van der Waals surface area (Å²) in [5.74, 6) is 0.820.